The second-order valence-corrected chi connectivity index (χ2v) is 12.6. The number of nitrogens with zero attached hydrogens (tertiary/aromatic N) is 3. The van der Waals surface area contributed by atoms with Crippen molar-refractivity contribution in [1.82, 2.24) is 14.5 Å². The van der Waals surface area contributed by atoms with Gasteiger partial charge in [-0.25, -0.2) is 31.6 Å². The zero-order valence-electron chi connectivity index (χ0n) is 20.5. The Morgan fingerprint density at radius 3 is 2.38 bits per heavy atom. The minimum absolute atomic E-state index is 0.0536. The van der Waals surface area contributed by atoms with E-state index < -0.39 is 39.2 Å². The monoisotopic (exact) mass is 535 g/mol. The Morgan fingerprint density at radius 1 is 1.11 bits per heavy atom. The third kappa shape index (κ3) is 4.39. The molecular weight excluding hydrogens is 507 g/mol. The summed E-state index contributed by atoms with van der Waals surface area (Å²) in [5.41, 5.74) is 5.34. The highest BCUT2D eigenvalue weighted by Crippen LogP contribution is 2.50. The Morgan fingerprint density at radius 2 is 1.76 bits per heavy atom. The fraction of sp³-hybridized carbons (Fsp3) is 0.480. The Labute approximate surface area is 212 Å². The number of fused-ring (bicyclic) bond motifs is 1. The van der Waals surface area contributed by atoms with E-state index in [1.165, 1.54) is 23.0 Å². The molecule has 2 fully saturated rings. The van der Waals surface area contributed by atoms with E-state index >= 15 is 0 Å². The number of aryl methyl sites for hydroxylation is 1. The number of nitrogens with one attached hydrogen (secondary N) is 1. The van der Waals surface area contributed by atoms with Crippen molar-refractivity contribution in [1.29, 1.82) is 0 Å². The van der Waals surface area contributed by atoms with E-state index in [1.54, 1.807) is 20.0 Å². The lowest BCUT2D eigenvalue weighted by Crippen LogP contribution is -2.55. The van der Waals surface area contributed by atoms with E-state index in [4.69, 9.17) is 5.73 Å². The van der Waals surface area contributed by atoms with E-state index in [-0.39, 0.29) is 28.0 Å². The van der Waals surface area contributed by atoms with Crippen LogP contribution in [0.25, 0.3) is 11.0 Å². The van der Waals surface area contributed by atoms with Crippen molar-refractivity contribution in [3.8, 4) is 0 Å². The standard InChI is InChI=1S/C25H28F3N5O3S/c1-14(15-4-3-5-16(19(15)26)20(27)28)32-21-17-10-18(23(34)33(2)22(17)31-13-30-21)25(29)8-6-24(7-9-25)11-37(35,36)12-24/h3-5,10,13-14,20H,6-9,11-12,29H2,1-2H3,(H,30,31,32)/t14-/m1/s1. The van der Waals surface area contributed by atoms with Crippen molar-refractivity contribution in [3.05, 3.63) is 63.5 Å². The van der Waals surface area contributed by atoms with Gasteiger partial charge in [0.2, 0.25) is 0 Å². The highest BCUT2D eigenvalue weighted by Gasteiger charge is 2.52. The number of aromatic nitrogens is 3. The molecule has 37 heavy (non-hydrogen) atoms. The minimum Gasteiger partial charge on any atom is -0.363 e. The molecule has 3 heterocycles. The summed E-state index contributed by atoms with van der Waals surface area (Å²) in [6.07, 6.45) is 0.458. The van der Waals surface area contributed by atoms with Crippen LogP contribution in [0.15, 0.2) is 35.4 Å². The molecular formula is C25H28F3N5O3S. The molecule has 1 saturated carbocycles. The van der Waals surface area contributed by atoms with Gasteiger partial charge in [0.15, 0.2) is 9.84 Å². The molecule has 1 atom stereocenters. The normalized spacial score (nSPS) is 20.6. The van der Waals surface area contributed by atoms with Gasteiger partial charge in [0.25, 0.3) is 12.0 Å². The molecule has 0 amide bonds. The molecule has 3 aromatic rings. The lowest BCUT2D eigenvalue weighted by Gasteiger charge is -2.49. The lowest BCUT2D eigenvalue weighted by atomic mass is 9.67. The SMILES string of the molecule is C[C@@H](Nc1ncnc2c1cc(C1(N)CCC3(CC1)CS(=O)(=O)C3)c(=O)n2C)c1cccc(C(F)F)c1F. The molecule has 1 aromatic carbocycles. The van der Waals surface area contributed by atoms with Gasteiger partial charge in [0, 0.05) is 23.7 Å². The number of anilines is 1. The van der Waals surface area contributed by atoms with Gasteiger partial charge in [-0.1, -0.05) is 18.2 Å². The van der Waals surface area contributed by atoms with E-state index in [0.29, 0.717) is 48.1 Å². The average molecular weight is 536 g/mol. The van der Waals surface area contributed by atoms with Crippen LogP contribution >= 0.6 is 0 Å². The molecule has 2 aromatic heterocycles. The van der Waals surface area contributed by atoms with Crippen molar-refractivity contribution in [2.45, 2.75) is 50.6 Å². The van der Waals surface area contributed by atoms with Gasteiger partial charge in [-0.05, 0) is 44.1 Å². The second-order valence-electron chi connectivity index (χ2n) is 10.5. The predicted molar refractivity (Wildman–Crippen MR) is 134 cm³/mol. The van der Waals surface area contributed by atoms with Gasteiger partial charge in [0.05, 0.1) is 28.5 Å². The summed E-state index contributed by atoms with van der Waals surface area (Å²) >= 11 is 0. The highest BCUT2D eigenvalue weighted by atomic mass is 32.2. The summed E-state index contributed by atoms with van der Waals surface area (Å²) in [6.45, 7) is 1.63. The fourth-order valence-electron chi connectivity index (χ4n) is 5.77. The first kappa shape index (κ1) is 25.7. The molecule has 1 aliphatic carbocycles. The van der Waals surface area contributed by atoms with Crippen LogP contribution in [0.4, 0.5) is 19.0 Å². The number of nitrogens with two attached hydrogens (primary N) is 1. The molecule has 1 spiro atoms. The van der Waals surface area contributed by atoms with Gasteiger partial charge in [-0.3, -0.25) is 9.36 Å². The zero-order chi connectivity index (χ0) is 26.8. The molecule has 0 unspecified atom stereocenters. The fourth-order valence-corrected chi connectivity index (χ4v) is 8.13. The maximum absolute atomic E-state index is 14.8. The van der Waals surface area contributed by atoms with Crippen LogP contribution < -0.4 is 16.6 Å². The number of pyridine rings is 1. The van der Waals surface area contributed by atoms with Gasteiger partial charge >= 0.3 is 0 Å². The molecule has 5 rings (SSSR count). The molecule has 8 nitrogen and oxygen atoms in total. The summed E-state index contributed by atoms with van der Waals surface area (Å²) < 4.78 is 66.1. The van der Waals surface area contributed by atoms with Crippen LogP contribution in [0.1, 0.15) is 61.8 Å². The van der Waals surface area contributed by atoms with Crippen molar-refractivity contribution in [3.63, 3.8) is 0 Å². The zero-order valence-corrected chi connectivity index (χ0v) is 21.3. The van der Waals surface area contributed by atoms with E-state index in [9.17, 15) is 26.4 Å². The topological polar surface area (TPSA) is 120 Å². The second kappa shape index (κ2) is 8.80. The van der Waals surface area contributed by atoms with Crippen LogP contribution in [0.5, 0.6) is 0 Å². The summed E-state index contributed by atoms with van der Waals surface area (Å²) in [7, 11) is -1.41. The largest absolute Gasteiger partial charge is 0.363 e. The predicted octanol–water partition coefficient (Wildman–Crippen LogP) is 3.72. The van der Waals surface area contributed by atoms with Crippen LogP contribution in [0.3, 0.4) is 0 Å². The quantitative estimate of drug-likeness (QED) is 0.511. The Bertz CT molecular complexity index is 1540. The number of hydrogen-bond donors (Lipinski definition) is 2. The van der Waals surface area contributed by atoms with Crippen molar-refractivity contribution in [2.24, 2.45) is 18.2 Å². The van der Waals surface area contributed by atoms with Crippen LogP contribution in [-0.4, -0.2) is 34.5 Å². The van der Waals surface area contributed by atoms with Crippen LogP contribution in [-0.2, 0) is 22.4 Å². The van der Waals surface area contributed by atoms with E-state index in [0.717, 1.165) is 6.07 Å². The summed E-state index contributed by atoms with van der Waals surface area (Å²) in [5, 5.41) is 3.56. The van der Waals surface area contributed by atoms with Crippen molar-refractivity contribution < 1.29 is 21.6 Å². The molecule has 1 aliphatic heterocycles. The van der Waals surface area contributed by atoms with Gasteiger partial charge in [-0.15, -0.1) is 0 Å². The maximum atomic E-state index is 14.8. The molecule has 12 heteroatoms. The molecule has 3 N–H and O–H groups in total. The number of benzene rings is 1. The first-order valence-corrected chi connectivity index (χ1v) is 13.8. The van der Waals surface area contributed by atoms with Crippen LogP contribution in [0.2, 0.25) is 0 Å². The van der Waals surface area contributed by atoms with Crippen molar-refractivity contribution in [2.75, 3.05) is 16.8 Å². The molecule has 1 saturated heterocycles. The summed E-state index contributed by atoms with van der Waals surface area (Å²) in [5.74, 6) is -0.361. The van der Waals surface area contributed by atoms with E-state index in [2.05, 4.69) is 15.3 Å². The number of rotatable bonds is 5. The number of alkyl halides is 2. The van der Waals surface area contributed by atoms with Gasteiger partial charge in [0.1, 0.15) is 23.6 Å². The lowest BCUT2D eigenvalue weighted by molar-refractivity contribution is 0.146. The molecule has 198 valence electrons. The molecule has 2 aliphatic rings. The third-order valence-corrected chi connectivity index (χ3v) is 10.0. The number of hydrogen-bond acceptors (Lipinski definition) is 7. The number of sulfone groups is 1. The van der Waals surface area contributed by atoms with E-state index in [1.807, 2.05) is 0 Å². The van der Waals surface area contributed by atoms with Crippen LogP contribution in [0, 0.1) is 11.2 Å². The van der Waals surface area contributed by atoms with Gasteiger partial charge < -0.3 is 11.1 Å². The molecule has 0 bridgehead atoms. The Balaban J connectivity index is 1.50. The minimum atomic E-state index is -2.99. The summed E-state index contributed by atoms with van der Waals surface area (Å²) in [4.78, 5) is 21.8. The van der Waals surface area contributed by atoms with Crippen molar-refractivity contribution >= 4 is 26.7 Å². The first-order chi connectivity index (χ1) is 17.3. The highest BCUT2D eigenvalue weighted by molar-refractivity contribution is 7.92. The Kier molecular flexibility index (Phi) is 6.10. The maximum Gasteiger partial charge on any atom is 0.266 e. The Hall–Kier alpha value is -2.99. The smallest absolute Gasteiger partial charge is 0.266 e. The molecule has 0 radical (unpaired) electrons. The average Bonchev–Trinajstić information content (AvgIpc) is 2.82. The summed E-state index contributed by atoms with van der Waals surface area (Å²) in [6, 6.07) is 4.77. The van der Waals surface area contributed by atoms with Gasteiger partial charge in [-0.2, -0.15) is 0 Å². The third-order valence-electron chi connectivity index (χ3n) is 7.91. The number of halogens is 3. The first-order valence-electron chi connectivity index (χ1n) is 12.0.